The standard InChI is InChI=1S/C20H21F3N4O3/c1-25(10-13-6-4-3-5-7-13)11-14(28)12-27-18(29)15-8-9-16(20(21,22)23)24-17(15)26(2)19(27)30/h3-9,14,28H,10-12H2,1-2H3. The Morgan fingerprint density at radius 1 is 1.13 bits per heavy atom. The Morgan fingerprint density at radius 2 is 1.80 bits per heavy atom. The van der Waals surface area contributed by atoms with Crippen molar-refractivity contribution in [1.29, 1.82) is 0 Å². The highest BCUT2D eigenvalue weighted by molar-refractivity contribution is 5.74. The summed E-state index contributed by atoms with van der Waals surface area (Å²) in [6.45, 7) is 0.460. The molecule has 3 aromatic rings. The normalized spacial score (nSPS) is 13.2. The second kappa shape index (κ2) is 8.41. The van der Waals surface area contributed by atoms with E-state index in [1.165, 1.54) is 7.05 Å². The van der Waals surface area contributed by atoms with Gasteiger partial charge in [-0.1, -0.05) is 30.3 Å². The zero-order valence-electron chi connectivity index (χ0n) is 16.4. The molecule has 0 spiro atoms. The fourth-order valence-corrected chi connectivity index (χ4v) is 3.28. The molecule has 3 rings (SSSR count). The SMILES string of the molecule is CN(Cc1ccccc1)CC(O)Cn1c(=O)c2ccc(C(F)(F)F)nc2n(C)c1=O. The molecule has 0 aliphatic rings. The van der Waals surface area contributed by atoms with Crippen LogP contribution in [0.5, 0.6) is 0 Å². The molecule has 0 radical (unpaired) electrons. The monoisotopic (exact) mass is 422 g/mol. The van der Waals surface area contributed by atoms with Crippen molar-refractivity contribution >= 4 is 11.0 Å². The lowest BCUT2D eigenvalue weighted by Gasteiger charge is -2.21. The second-order valence-electron chi connectivity index (χ2n) is 7.16. The summed E-state index contributed by atoms with van der Waals surface area (Å²) in [4.78, 5) is 30.5. The van der Waals surface area contributed by atoms with Gasteiger partial charge in [0.25, 0.3) is 5.56 Å². The van der Waals surface area contributed by atoms with Crippen LogP contribution in [-0.2, 0) is 26.3 Å². The lowest BCUT2D eigenvalue weighted by atomic mass is 10.2. The molecule has 0 aliphatic heterocycles. The first-order valence-electron chi connectivity index (χ1n) is 9.16. The number of aromatic nitrogens is 3. The summed E-state index contributed by atoms with van der Waals surface area (Å²) in [6.07, 6.45) is -5.73. The van der Waals surface area contributed by atoms with Crippen molar-refractivity contribution in [3.05, 3.63) is 74.6 Å². The number of aliphatic hydroxyl groups is 1. The van der Waals surface area contributed by atoms with E-state index in [9.17, 15) is 27.9 Å². The van der Waals surface area contributed by atoms with Crippen molar-refractivity contribution in [1.82, 2.24) is 19.0 Å². The van der Waals surface area contributed by atoms with Crippen LogP contribution in [0.15, 0.2) is 52.1 Å². The molecule has 1 aromatic carbocycles. The Balaban J connectivity index is 1.85. The number of rotatable bonds is 6. The molecule has 1 unspecified atom stereocenters. The van der Waals surface area contributed by atoms with Gasteiger partial charge in [0.1, 0.15) is 11.3 Å². The quantitative estimate of drug-likeness (QED) is 0.653. The molecule has 160 valence electrons. The van der Waals surface area contributed by atoms with Crippen molar-refractivity contribution in [2.45, 2.75) is 25.4 Å². The smallest absolute Gasteiger partial charge is 0.390 e. The van der Waals surface area contributed by atoms with E-state index in [-0.39, 0.29) is 24.1 Å². The van der Waals surface area contributed by atoms with E-state index >= 15 is 0 Å². The van der Waals surface area contributed by atoms with Crippen molar-refractivity contribution in [3.8, 4) is 0 Å². The second-order valence-corrected chi connectivity index (χ2v) is 7.16. The zero-order chi connectivity index (χ0) is 22.1. The van der Waals surface area contributed by atoms with Crippen molar-refractivity contribution in [2.75, 3.05) is 13.6 Å². The molecule has 0 bridgehead atoms. The van der Waals surface area contributed by atoms with Gasteiger partial charge in [0.15, 0.2) is 0 Å². The molecule has 2 aromatic heterocycles. The highest BCUT2D eigenvalue weighted by atomic mass is 19.4. The Kier molecular flexibility index (Phi) is 6.09. The molecular weight excluding hydrogens is 401 g/mol. The van der Waals surface area contributed by atoms with Crippen LogP contribution < -0.4 is 11.2 Å². The van der Waals surface area contributed by atoms with Crippen LogP contribution in [0.25, 0.3) is 11.0 Å². The van der Waals surface area contributed by atoms with Crippen LogP contribution in [0.2, 0.25) is 0 Å². The molecule has 1 atom stereocenters. The van der Waals surface area contributed by atoms with Crippen LogP contribution in [0.4, 0.5) is 13.2 Å². The third-order valence-corrected chi connectivity index (χ3v) is 4.69. The Hall–Kier alpha value is -2.98. The molecule has 10 heteroatoms. The van der Waals surface area contributed by atoms with Gasteiger partial charge in [0.05, 0.1) is 18.0 Å². The maximum atomic E-state index is 12.9. The highest BCUT2D eigenvalue weighted by Gasteiger charge is 2.33. The van der Waals surface area contributed by atoms with Gasteiger partial charge in [-0.05, 0) is 24.7 Å². The Bertz CT molecular complexity index is 1160. The molecule has 0 saturated carbocycles. The lowest BCUT2D eigenvalue weighted by Crippen LogP contribution is -2.44. The van der Waals surface area contributed by atoms with E-state index in [1.807, 2.05) is 35.2 Å². The molecule has 0 amide bonds. The lowest BCUT2D eigenvalue weighted by molar-refractivity contribution is -0.141. The van der Waals surface area contributed by atoms with E-state index < -0.39 is 29.2 Å². The van der Waals surface area contributed by atoms with Crippen molar-refractivity contribution in [3.63, 3.8) is 0 Å². The number of aliphatic hydroxyl groups excluding tert-OH is 1. The number of hydrogen-bond donors (Lipinski definition) is 1. The van der Waals surface area contributed by atoms with Crippen LogP contribution in [-0.4, -0.2) is 43.8 Å². The van der Waals surface area contributed by atoms with Crippen LogP contribution >= 0.6 is 0 Å². The number of likely N-dealkylation sites (N-methyl/N-ethyl adjacent to an activating group) is 1. The summed E-state index contributed by atoms with van der Waals surface area (Å²) in [5.74, 6) is 0. The first-order chi connectivity index (χ1) is 14.1. The maximum Gasteiger partial charge on any atom is 0.433 e. The Morgan fingerprint density at radius 3 is 2.43 bits per heavy atom. The summed E-state index contributed by atoms with van der Waals surface area (Å²) in [5.41, 5.74) is -2.14. The fourth-order valence-electron chi connectivity index (χ4n) is 3.28. The maximum absolute atomic E-state index is 12.9. The van der Waals surface area contributed by atoms with E-state index in [2.05, 4.69) is 4.98 Å². The first kappa shape index (κ1) is 21.7. The molecule has 30 heavy (non-hydrogen) atoms. The summed E-state index contributed by atoms with van der Waals surface area (Å²) < 4.78 is 40.4. The fraction of sp³-hybridized carbons (Fsp3) is 0.350. The minimum absolute atomic E-state index is 0.130. The van der Waals surface area contributed by atoms with Crippen LogP contribution in [0.3, 0.4) is 0 Å². The van der Waals surface area contributed by atoms with Gasteiger partial charge in [-0.15, -0.1) is 0 Å². The average molecular weight is 422 g/mol. The number of pyridine rings is 1. The third-order valence-electron chi connectivity index (χ3n) is 4.69. The summed E-state index contributed by atoms with van der Waals surface area (Å²) in [7, 11) is 3.03. The highest BCUT2D eigenvalue weighted by Crippen LogP contribution is 2.28. The predicted octanol–water partition coefficient (Wildman–Crippen LogP) is 1.61. The number of fused-ring (bicyclic) bond motifs is 1. The summed E-state index contributed by atoms with van der Waals surface area (Å²) in [6, 6.07) is 11.3. The van der Waals surface area contributed by atoms with Crippen LogP contribution in [0, 0.1) is 0 Å². The van der Waals surface area contributed by atoms with Crippen LogP contribution in [0.1, 0.15) is 11.3 Å². The van der Waals surface area contributed by atoms with Gasteiger partial charge in [0, 0.05) is 20.1 Å². The van der Waals surface area contributed by atoms with Gasteiger partial charge < -0.3 is 5.11 Å². The Labute approximate surface area is 169 Å². The molecule has 7 nitrogen and oxygen atoms in total. The molecule has 1 N–H and O–H groups in total. The van der Waals surface area contributed by atoms with Gasteiger partial charge in [-0.2, -0.15) is 13.2 Å². The van der Waals surface area contributed by atoms with E-state index in [0.717, 1.165) is 20.8 Å². The average Bonchev–Trinajstić information content (AvgIpc) is 2.69. The number of alkyl halides is 3. The number of halogens is 3. The number of nitrogens with zero attached hydrogens (tertiary/aromatic N) is 4. The predicted molar refractivity (Wildman–Crippen MR) is 105 cm³/mol. The van der Waals surface area contributed by atoms with Crippen molar-refractivity contribution < 1.29 is 18.3 Å². The van der Waals surface area contributed by atoms with Crippen molar-refractivity contribution in [2.24, 2.45) is 7.05 Å². The molecule has 0 fully saturated rings. The van der Waals surface area contributed by atoms with Gasteiger partial charge >= 0.3 is 11.9 Å². The number of hydrogen-bond acceptors (Lipinski definition) is 5. The molecule has 0 saturated heterocycles. The molecular formula is C20H21F3N4O3. The zero-order valence-corrected chi connectivity index (χ0v) is 16.4. The molecule has 2 heterocycles. The topological polar surface area (TPSA) is 80.4 Å². The third kappa shape index (κ3) is 4.60. The van der Waals surface area contributed by atoms with E-state index in [1.54, 1.807) is 7.05 Å². The largest absolute Gasteiger partial charge is 0.433 e. The minimum atomic E-state index is -4.70. The van der Waals surface area contributed by atoms with E-state index in [0.29, 0.717) is 12.6 Å². The summed E-state index contributed by atoms with van der Waals surface area (Å²) in [5, 5.41) is 10.3. The van der Waals surface area contributed by atoms with Gasteiger partial charge in [-0.3, -0.25) is 18.8 Å². The van der Waals surface area contributed by atoms with E-state index in [4.69, 9.17) is 0 Å². The number of benzene rings is 1. The van der Waals surface area contributed by atoms with Gasteiger partial charge in [-0.25, -0.2) is 9.78 Å². The summed E-state index contributed by atoms with van der Waals surface area (Å²) >= 11 is 0. The first-order valence-corrected chi connectivity index (χ1v) is 9.16. The molecule has 0 aliphatic carbocycles. The van der Waals surface area contributed by atoms with Gasteiger partial charge in [0.2, 0.25) is 0 Å². The number of aryl methyl sites for hydroxylation is 1. The minimum Gasteiger partial charge on any atom is -0.390 e.